The lowest BCUT2D eigenvalue weighted by atomic mass is 10.1. The highest BCUT2D eigenvalue weighted by atomic mass is 79.9. The summed E-state index contributed by atoms with van der Waals surface area (Å²) in [6.45, 7) is 2.04. The molecule has 0 spiro atoms. The van der Waals surface area contributed by atoms with Gasteiger partial charge in [0.2, 0.25) is 5.56 Å². The Morgan fingerprint density at radius 3 is 2.53 bits per heavy atom. The molecule has 3 rings (SSSR count). The largest absolute Gasteiger partial charge is 0.306 e. The molecule has 5 heteroatoms. The Morgan fingerprint density at radius 2 is 1.79 bits per heavy atom. The molecule has 0 aliphatic heterocycles. The van der Waals surface area contributed by atoms with Crippen LogP contribution in [0.5, 0.6) is 0 Å². The number of nitrogens with zero attached hydrogens (tertiary/aromatic N) is 2. The van der Waals surface area contributed by atoms with Gasteiger partial charge in [-0.25, -0.2) is 9.97 Å². The van der Waals surface area contributed by atoms with Crippen molar-refractivity contribution in [3.8, 4) is 11.3 Å². The van der Waals surface area contributed by atoms with Crippen LogP contribution in [0.2, 0.25) is 0 Å². The molecule has 0 aliphatic carbocycles. The van der Waals surface area contributed by atoms with E-state index in [1.165, 1.54) is 11.6 Å². The van der Waals surface area contributed by atoms with Gasteiger partial charge in [0.25, 0.3) is 0 Å². The van der Waals surface area contributed by atoms with Crippen molar-refractivity contribution in [3.63, 3.8) is 0 Å². The van der Waals surface area contributed by atoms with Crippen molar-refractivity contribution >= 4 is 27.0 Å². The Bertz CT molecular complexity index is 809. The van der Waals surface area contributed by atoms with E-state index >= 15 is 0 Å². The molecule has 1 N–H and O–H groups in total. The van der Waals surface area contributed by atoms with Crippen molar-refractivity contribution in [2.75, 3.05) is 0 Å². The van der Waals surface area contributed by atoms with Gasteiger partial charge in [0, 0.05) is 17.0 Å². The maximum absolute atomic E-state index is 11.4. The smallest absolute Gasteiger partial charge is 0.249 e. The summed E-state index contributed by atoms with van der Waals surface area (Å²) in [5.74, 6) is 0. The number of H-pyrrole nitrogens is 1. The standard InChI is InChI=1S/C14H10BrN3O/c1-8-2-4-9(5-3-8)12-10-6-7-11(19)16-13(10)18-14(15)17-12/h2-7H,1H3,(H,16,17,18,19). The first-order valence-corrected chi connectivity index (χ1v) is 6.56. The summed E-state index contributed by atoms with van der Waals surface area (Å²) >= 11 is 3.28. The van der Waals surface area contributed by atoms with Gasteiger partial charge >= 0.3 is 0 Å². The molecule has 0 amide bonds. The van der Waals surface area contributed by atoms with E-state index < -0.39 is 0 Å². The number of rotatable bonds is 1. The molecule has 1 aromatic carbocycles. The predicted octanol–water partition coefficient (Wildman–Crippen LogP) is 3.06. The van der Waals surface area contributed by atoms with Crippen LogP contribution in [0, 0.1) is 6.92 Å². The average molecular weight is 316 g/mol. The van der Waals surface area contributed by atoms with Crippen molar-refractivity contribution in [2.45, 2.75) is 6.92 Å². The second kappa shape index (κ2) is 4.59. The van der Waals surface area contributed by atoms with Gasteiger partial charge < -0.3 is 4.98 Å². The van der Waals surface area contributed by atoms with E-state index in [1.54, 1.807) is 6.07 Å². The van der Waals surface area contributed by atoms with E-state index in [0.29, 0.717) is 10.4 Å². The average Bonchev–Trinajstić information content (AvgIpc) is 2.38. The lowest BCUT2D eigenvalue weighted by Crippen LogP contribution is -2.05. The lowest BCUT2D eigenvalue weighted by Gasteiger charge is -2.06. The van der Waals surface area contributed by atoms with Crippen molar-refractivity contribution in [2.24, 2.45) is 0 Å². The van der Waals surface area contributed by atoms with E-state index in [-0.39, 0.29) is 5.56 Å². The maximum Gasteiger partial charge on any atom is 0.249 e. The second-order valence-corrected chi connectivity index (χ2v) is 5.00. The number of fused-ring (bicyclic) bond motifs is 1. The Labute approximate surface area is 117 Å². The molecule has 94 valence electrons. The van der Waals surface area contributed by atoms with Gasteiger partial charge in [-0.15, -0.1) is 0 Å². The third-order valence-corrected chi connectivity index (χ3v) is 3.24. The van der Waals surface area contributed by atoms with E-state index in [0.717, 1.165) is 16.6 Å². The normalized spacial score (nSPS) is 10.8. The van der Waals surface area contributed by atoms with Crippen LogP contribution < -0.4 is 5.56 Å². The molecule has 3 aromatic rings. The first-order valence-electron chi connectivity index (χ1n) is 5.77. The minimum Gasteiger partial charge on any atom is -0.306 e. The van der Waals surface area contributed by atoms with Crippen molar-refractivity contribution in [1.82, 2.24) is 15.0 Å². The van der Waals surface area contributed by atoms with Gasteiger partial charge in [0.1, 0.15) is 5.65 Å². The quantitative estimate of drug-likeness (QED) is 0.702. The molecule has 0 fully saturated rings. The molecule has 4 nitrogen and oxygen atoms in total. The fourth-order valence-corrected chi connectivity index (χ4v) is 2.30. The molecule has 2 aromatic heterocycles. The maximum atomic E-state index is 11.4. The number of benzene rings is 1. The van der Waals surface area contributed by atoms with Crippen LogP contribution in [0.4, 0.5) is 0 Å². The molecular weight excluding hydrogens is 306 g/mol. The number of aromatic nitrogens is 3. The summed E-state index contributed by atoms with van der Waals surface area (Å²) in [7, 11) is 0. The summed E-state index contributed by atoms with van der Waals surface area (Å²) in [6, 6.07) is 11.3. The van der Waals surface area contributed by atoms with Crippen LogP contribution in [0.1, 0.15) is 5.56 Å². The van der Waals surface area contributed by atoms with Crippen molar-refractivity contribution < 1.29 is 0 Å². The zero-order valence-electron chi connectivity index (χ0n) is 10.1. The summed E-state index contributed by atoms with van der Waals surface area (Å²) < 4.78 is 0.456. The highest BCUT2D eigenvalue weighted by molar-refractivity contribution is 9.10. The van der Waals surface area contributed by atoms with Crippen LogP contribution in [0.15, 0.2) is 45.9 Å². The van der Waals surface area contributed by atoms with Gasteiger partial charge in [-0.1, -0.05) is 29.8 Å². The number of aryl methyl sites for hydroxylation is 1. The first kappa shape index (κ1) is 12.0. The minimum atomic E-state index is -0.173. The third kappa shape index (κ3) is 2.29. The molecule has 0 saturated heterocycles. The highest BCUT2D eigenvalue weighted by Gasteiger charge is 2.09. The number of nitrogens with one attached hydrogen (secondary N) is 1. The molecule has 0 radical (unpaired) electrons. The van der Waals surface area contributed by atoms with Gasteiger partial charge in [-0.3, -0.25) is 4.79 Å². The highest BCUT2D eigenvalue weighted by Crippen LogP contribution is 2.25. The van der Waals surface area contributed by atoms with Crippen LogP contribution in [-0.2, 0) is 0 Å². The summed E-state index contributed by atoms with van der Waals surface area (Å²) in [5, 5.41) is 0.826. The summed E-state index contributed by atoms with van der Waals surface area (Å²) in [6.07, 6.45) is 0. The topological polar surface area (TPSA) is 58.6 Å². The summed E-state index contributed by atoms with van der Waals surface area (Å²) in [5.41, 5.74) is 3.34. The monoisotopic (exact) mass is 315 g/mol. The number of halogens is 1. The van der Waals surface area contributed by atoms with E-state index in [4.69, 9.17) is 0 Å². The SMILES string of the molecule is Cc1ccc(-c2nc(Br)nc3[nH]c(=O)ccc23)cc1. The van der Waals surface area contributed by atoms with Gasteiger partial charge in [-0.2, -0.15) is 0 Å². The van der Waals surface area contributed by atoms with E-state index in [2.05, 4.69) is 30.9 Å². The van der Waals surface area contributed by atoms with Crippen LogP contribution in [0.3, 0.4) is 0 Å². The molecular formula is C14H10BrN3O. The third-order valence-electron chi connectivity index (χ3n) is 2.89. The fraction of sp³-hybridized carbons (Fsp3) is 0.0714. The Kier molecular flexibility index (Phi) is 2.91. The van der Waals surface area contributed by atoms with Crippen LogP contribution >= 0.6 is 15.9 Å². The molecule has 19 heavy (non-hydrogen) atoms. The molecule has 0 aliphatic rings. The number of hydrogen-bond acceptors (Lipinski definition) is 3. The molecule has 0 saturated carbocycles. The van der Waals surface area contributed by atoms with Crippen molar-refractivity contribution in [3.05, 3.63) is 57.0 Å². The van der Waals surface area contributed by atoms with Gasteiger partial charge in [-0.05, 0) is 28.9 Å². The zero-order valence-corrected chi connectivity index (χ0v) is 11.7. The zero-order chi connectivity index (χ0) is 13.4. The minimum absolute atomic E-state index is 0.173. The number of aromatic amines is 1. The number of pyridine rings is 1. The molecule has 2 heterocycles. The lowest BCUT2D eigenvalue weighted by molar-refractivity contribution is 1.12. The van der Waals surface area contributed by atoms with Gasteiger partial charge in [0.15, 0.2) is 4.73 Å². The van der Waals surface area contributed by atoms with Gasteiger partial charge in [0.05, 0.1) is 5.69 Å². The fourth-order valence-electron chi connectivity index (χ4n) is 1.94. The Hall–Kier alpha value is -2.01. The van der Waals surface area contributed by atoms with Crippen LogP contribution in [0.25, 0.3) is 22.3 Å². The van der Waals surface area contributed by atoms with E-state index in [1.807, 2.05) is 31.2 Å². The number of hydrogen-bond donors (Lipinski definition) is 1. The first-order chi connectivity index (χ1) is 9.13. The molecule has 0 atom stereocenters. The predicted molar refractivity (Wildman–Crippen MR) is 78.0 cm³/mol. The Morgan fingerprint density at radius 1 is 1.05 bits per heavy atom. The van der Waals surface area contributed by atoms with Crippen molar-refractivity contribution in [1.29, 1.82) is 0 Å². The second-order valence-electron chi connectivity index (χ2n) is 4.29. The van der Waals surface area contributed by atoms with Crippen LogP contribution in [-0.4, -0.2) is 15.0 Å². The van der Waals surface area contributed by atoms with E-state index in [9.17, 15) is 4.79 Å². The molecule has 0 unspecified atom stereocenters. The molecule has 0 bridgehead atoms. The summed E-state index contributed by atoms with van der Waals surface area (Å²) in [4.78, 5) is 22.7. The Balaban J connectivity index is 2.33.